The molecule has 1 saturated carbocycles. The van der Waals surface area contributed by atoms with Crippen molar-refractivity contribution in [1.82, 2.24) is 4.98 Å². The number of nitrogens with one attached hydrogen (secondary N) is 1. The van der Waals surface area contributed by atoms with E-state index in [-0.39, 0.29) is 17.4 Å². The first-order valence-corrected chi connectivity index (χ1v) is 7.10. The Hall–Kier alpha value is -2.24. The summed E-state index contributed by atoms with van der Waals surface area (Å²) in [6, 6.07) is 4.44. The molecule has 1 aromatic carbocycles. The first kappa shape index (κ1) is 13.7. The van der Waals surface area contributed by atoms with Crippen molar-refractivity contribution in [2.45, 2.75) is 32.2 Å². The average Bonchev–Trinajstić information content (AvgIpc) is 3.20. The van der Waals surface area contributed by atoms with Gasteiger partial charge in [0.25, 0.3) is 5.69 Å². The van der Waals surface area contributed by atoms with Crippen LogP contribution in [0.25, 0.3) is 10.9 Å². The summed E-state index contributed by atoms with van der Waals surface area (Å²) in [6.07, 6.45) is 4.74. The fourth-order valence-electron chi connectivity index (χ4n) is 2.78. The number of rotatable bonds is 5. The first-order chi connectivity index (χ1) is 10.1. The van der Waals surface area contributed by atoms with Gasteiger partial charge in [-0.05, 0) is 30.9 Å². The van der Waals surface area contributed by atoms with Crippen LogP contribution < -0.4 is 5.32 Å². The van der Waals surface area contributed by atoms with Crippen LogP contribution in [0.5, 0.6) is 0 Å². The second-order valence-electron chi connectivity index (χ2n) is 5.44. The topological polar surface area (TPSA) is 68.1 Å². The van der Waals surface area contributed by atoms with E-state index >= 15 is 0 Å². The van der Waals surface area contributed by atoms with Crippen molar-refractivity contribution in [3.8, 4) is 0 Å². The lowest BCUT2D eigenvalue weighted by molar-refractivity contribution is -0.383. The van der Waals surface area contributed by atoms with Gasteiger partial charge in [-0.2, -0.15) is 0 Å². The fourth-order valence-corrected chi connectivity index (χ4v) is 2.78. The zero-order valence-corrected chi connectivity index (χ0v) is 11.7. The van der Waals surface area contributed by atoms with Crippen LogP contribution >= 0.6 is 0 Å². The van der Waals surface area contributed by atoms with E-state index in [0.717, 1.165) is 25.3 Å². The predicted molar refractivity (Wildman–Crippen MR) is 78.8 cm³/mol. The van der Waals surface area contributed by atoms with Crippen LogP contribution in [0.1, 0.15) is 26.2 Å². The normalized spacial score (nSPS) is 20.5. The Morgan fingerprint density at radius 2 is 2.38 bits per heavy atom. The van der Waals surface area contributed by atoms with Gasteiger partial charge in [0.2, 0.25) is 0 Å². The minimum absolute atomic E-state index is 0.242. The van der Waals surface area contributed by atoms with Crippen molar-refractivity contribution in [1.29, 1.82) is 0 Å². The monoisotopic (exact) mass is 289 g/mol. The summed E-state index contributed by atoms with van der Waals surface area (Å²) in [5.41, 5.74) is 0.355. The smallest absolute Gasteiger partial charge is 0.281 e. The van der Waals surface area contributed by atoms with Crippen LogP contribution in [-0.2, 0) is 0 Å². The molecule has 2 unspecified atom stereocenters. The number of fused-ring (bicyclic) bond motifs is 1. The van der Waals surface area contributed by atoms with Gasteiger partial charge in [0, 0.05) is 12.2 Å². The van der Waals surface area contributed by atoms with E-state index in [0.29, 0.717) is 16.8 Å². The maximum atomic E-state index is 14.2. The summed E-state index contributed by atoms with van der Waals surface area (Å²) in [5, 5.41) is 14.6. The van der Waals surface area contributed by atoms with Crippen LogP contribution in [0, 0.1) is 21.8 Å². The predicted octanol–water partition coefficient (Wildman–Crippen LogP) is 3.88. The molecule has 21 heavy (non-hydrogen) atoms. The highest BCUT2D eigenvalue weighted by atomic mass is 19.1. The third kappa shape index (κ3) is 2.53. The quantitative estimate of drug-likeness (QED) is 0.670. The molecule has 1 aliphatic carbocycles. The molecule has 5 nitrogen and oxygen atoms in total. The van der Waals surface area contributed by atoms with E-state index < -0.39 is 10.7 Å². The van der Waals surface area contributed by atoms with Gasteiger partial charge in [-0.15, -0.1) is 0 Å². The molecule has 0 amide bonds. The molecule has 6 heteroatoms. The zero-order valence-electron chi connectivity index (χ0n) is 11.7. The third-order valence-electron chi connectivity index (χ3n) is 3.93. The van der Waals surface area contributed by atoms with E-state index in [1.54, 1.807) is 12.1 Å². The molecule has 0 spiro atoms. The van der Waals surface area contributed by atoms with E-state index in [4.69, 9.17) is 0 Å². The number of nitrogens with zero attached hydrogens (tertiary/aromatic N) is 2. The van der Waals surface area contributed by atoms with Gasteiger partial charge in [-0.25, -0.2) is 4.39 Å². The van der Waals surface area contributed by atoms with Crippen LogP contribution in [-0.4, -0.2) is 15.9 Å². The summed E-state index contributed by atoms with van der Waals surface area (Å²) < 4.78 is 14.2. The van der Waals surface area contributed by atoms with Gasteiger partial charge in [0.15, 0.2) is 5.82 Å². The number of non-ortho nitro benzene ring substituents is 1. The van der Waals surface area contributed by atoms with Crippen LogP contribution in [0.15, 0.2) is 24.4 Å². The number of benzene rings is 1. The van der Waals surface area contributed by atoms with E-state index in [9.17, 15) is 14.5 Å². The Balaban J connectivity index is 2.01. The van der Waals surface area contributed by atoms with Crippen molar-refractivity contribution >= 4 is 22.3 Å². The highest BCUT2D eigenvalue weighted by Crippen LogP contribution is 2.40. The van der Waals surface area contributed by atoms with Crippen LogP contribution in [0.2, 0.25) is 0 Å². The minimum atomic E-state index is -0.616. The average molecular weight is 289 g/mol. The molecule has 2 aromatic rings. The lowest BCUT2D eigenvalue weighted by atomic mass is 10.1. The minimum Gasteiger partial charge on any atom is -0.378 e. The molecule has 0 aliphatic heterocycles. The number of aromatic nitrogens is 1. The molecule has 1 aromatic heterocycles. The van der Waals surface area contributed by atoms with Gasteiger partial charge < -0.3 is 5.32 Å². The maximum Gasteiger partial charge on any atom is 0.281 e. The second kappa shape index (κ2) is 5.27. The summed E-state index contributed by atoms with van der Waals surface area (Å²) >= 11 is 0. The Kier molecular flexibility index (Phi) is 3.45. The Bertz CT molecular complexity index is 705. The summed E-state index contributed by atoms with van der Waals surface area (Å²) in [5.74, 6) is -0.0570. The Morgan fingerprint density at radius 1 is 1.57 bits per heavy atom. The largest absolute Gasteiger partial charge is 0.378 e. The SMILES string of the molecule is CCCC1CC1Nc1c(F)cc([N+](=O)[O-])c2cccnc12. The molecule has 1 N–H and O–H groups in total. The number of halogens is 1. The molecule has 1 fully saturated rings. The summed E-state index contributed by atoms with van der Waals surface area (Å²) in [7, 11) is 0. The Labute approximate surface area is 121 Å². The van der Waals surface area contributed by atoms with E-state index in [1.807, 2.05) is 0 Å². The van der Waals surface area contributed by atoms with Gasteiger partial charge in [-0.1, -0.05) is 13.3 Å². The van der Waals surface area contributed by atoms with Crippen LogP contribution in [0.4, 0.5) is 15.8 Å². The molecule has 1 heterocycles. The highest BCUT2D eigenvalue weighted by Gasteiger charge is 2.37. The van der Waals surface area contributed by atoms with Gasteiger partial charge >= 0.3 is 0 Å². The second-order valence-corrected chi connectivity index (χ2v) is 5.44. The Morgan fingerprint density at radius 3 is 3.10 bits per heavy atom. The van der Waals surface area contributed by atoms with Crippen molar-refractivity contribution in [3.05, 3.63) is 40.3 Å². The molecule has 2 atom stereocenters. The van der Waals surface area contributed by atoms with Crippen LogP contribution in [0.3, 0.4) is 0 Å². The first-order valence-electron chi connectivity index (χ1n) is 7.10. The van der Waals surface area contributed by atoms with Crippen molar-refractivity contribution in [3.63, 3.8) is 0 Å². The molecule has 3 rings (SSSR count). The lowest BCUT2D eigenvalue weighted by Crippen LogP contribution is -2.08. The van der Waals surface area contributed by atoms with E-state index in [2.05, 4.69) is 17.2 Å². The van der Waals surface area contributed by atoms with Crippen molar-refractivity contribution in [2.24, 2.45) is 5.92 Å². The molecule has 110 valence electrons. The zero-order chi connectivity index (χ0) is 15.0. The molecular weight excluding hydrogens is 273 g/mol. The summed E-state index contributed by atoms with van der Waals surface area (Å²) in [4.78, 5) is 14.6. The van der Waals surface area contributed by atoms with Gasteiger partial charge in [0.05, 0.1) is 22.1 Å². The van der Waals surface area contributed by atoms with Gasteiger partial charge in [-0.3, -0.25) is 15.1 Å². The highest BCUT2D eigenvalue weighted by molar-refractivity contribution is 5.97. The number of nitro benzene ring substituents is 1. The van der Waals surface area contributed by atoms with Gasteiger partial charge in [0.1, 0.15) is 5.52 Å². The molecule has 1 aliphatic rings. The molecular formula is C15H16FN3O2. The van der Waals surface area contributed by atoms with Crippen molar-refractivity contribution < 1.29 is 9.31 Å². The van der Waals surface area contributed by atoms with Crippen molar-refractivity contribution in [2.75, 3.05) is 5.32 Å². The lowest BCUT2D eigenvalue weighted by Gasteiger charge is -2.10. The summed E-state index contributed by atoms with van der Waals surface area (Å²) in [6.45, 7) is 2.12. The maximum absolute atomic E-state index is 14.2. The molecule has 0 radical (unpaired) electrons. The fraction of sp³-hybridized carbons (Fsp3) is 0.400. The number of anilines is 1. The molecule has 0 saturated heterocycles. The third-order valence-corrected chi connectivity index (χ3v) is 3.93. The molecule has 0 bridgehead atoms. The number of nitro groups is 1. The number of pyridine rings is 1. The number of hydrogen-bond donors (Lipinski definition) is 1. The number of hydrogen-bond acceptors (Lipinski definition) is 4. The standard InChI is InChI=1S/C15H16FN3O2/c1-2-4-9-7-12(9)18-15-11(16)8-13(19(20)21)10-5-3-6-17-14(10)15/h3,5-6,8-9,12,18H,2,4,7H2,1H3. The van der Waals surface area contributed by atoms with E-state index in [1.165, 1.54) is 6.20 Å².